The highest BCUT2D eigenvalue weighted by Crippen LogP contribution is 2.46. The van der Waals surface area contributed by atoms with Gasteiger partial charge in [0.15, 0.2) is 5.13 Å². The Kier molecular flexibility index (Phi) is 4.78. The molecule has 2 aromatic rings. The molecule has 0 saturated carbocycles. The third-order valence-corrected chi connectivity index (χ3v) is 7.75. The zero-order chi connectivity index (χ0) is 19.6. The molecule has 7 heteroatoms. The van der Waals surface area contributed by atoms with E-state index in [0.29, 0.717) is 17.7 Å². The second-order valence-electron chi connectivity index (χ2n) is 8.89. The normalized spacial score (nSPS) is 20.6. The molecule has 1 fully saturated rings. The van der Waals surface area contributed by atoms with E-state index in [9.17, 15) is 0 Å². The maximum Gasteiger partial charge on any atom is 0.186 e. The summed E-state index contributed by atoms with van der Waals surface area (Å²) < 4.78 is 6.77. The molecule has 3 heterocycles. The molecule has 27 heavy (non-hydrogen) atoms. The number of thiazole rings is 1. The van der Waals surface area contributed by atoms with Gasteiger partial charge in [-0.05, 0) is 68.6 Å². The van der Waals surface area contributed by atoms with Crippen LogP contribution in [0.4, 0.5) is 5.13 Å². The molecule has 1 aromatic carbocycles. The smallest absolute Gasteiger partial charge is 0.186 e. The van der Waals surface area contributed by atoms with Crippen molar-refractivity contribution in [3.63, 3.8) is 0 Å². The van der Waals surface area contributed by atoms with Crippen LogP contribution in [-0.2, 0) is 6.61 Å². The van der Waals surface area contributed by atoms with Crippen molar-refractivity contribution in [2.75, 3.05) is 11.9 Å². The van der Waals surface area contributed by atoms with Crippen molar-refractivity contribution in [3.05, 3.63) is 27.3 Å². The van der Waals surface area contributed by atoms with E-state index in [2.05, 4.69) is 60.9 Å². The Hall–Kier alpha value is -0.820. The van der Waals surface area contributed by atoms with Crippen molar-refractivity contribution in [2.24, 2.45) is 0 Å². The number of anilines is 1. The van der Waals surface area contributed by atoms with Gasteiger partial charge in [-0.25, -0.2) is 4.98 Å². The predicted octanol–water partition coefficient (Wildman–Crippen LogP) is 5.86. The summed E-state index contributed by atoms with van der Waals surface area (Å²) in [6.45, 7) is 9.64. The molecule has 0 radical (unpaired) electrons. The number of hydrogen-bond donors (Lipinski definition) is 1. The van der Waals surface area contributed by atoms with Crippen molar-refractivity contribution in [1.29, 1.82) is 0 Å². The van der Waals surface area contributed by atoms with Crippen molar-refractivity contribution < 1.29 is 4.74 Å². The van der Waals surface area contributed by atoms with E-state index in [0.717, 1.165) is 39.5 Å². The summed E-state index contributed by atoms with van der Waals surface area (Å²) >= 11 is 11.5. The number of aromatic nitrogens is 1. The van der Waals surface area contributed by atoms with E-state index in [-0.39, 0.29) is 11.1 Å². The van der Waals surface area contributed by atoms with Crippen molar-refractivity contribution in [3.8, 4) is 16.2 Å². The van der Waals surface area contributed by atoms with Gasteiger partial charge in [-0.3, -0.25) is 0 Å². The summed E-state index contributed by atoms with van der Waals surface area (Å²) in [5.74, 6) is 0.862. The Balaban J connectivity index is 1.67. The second kappa shape index (κ2) is 6.61. The Morgan fingerprint density at radius 1 is 1.26 bits per heavy atom. The zero-order valence-corrected chi connectivity index (χ0v) is 19.5. The van der Waals surface area contributed by atoms with Crippen LogP contribution in [0.3, 0.4) is 0 Å². The van der Waals surface area contributed by atoms with Gasteiger partial charge >= 0.3 is 0 Å². The first-order chi connectivity index (χ1) is 12.5. The lowest BCUT2D eigenvalue weighted by molar-refractivity contribution is 0.161. The summed E-state index contributed by atoms with van der Waals surface area (Å²) in [6.07, 6.45) is 2.17. The number of nitrogens with zero attached hydrogens (tertiary/aromatic N) is 2. The SMILES string of the molecule is CN(c1nc2c(s1)-c1cc(Cl)c(Br)cc1OC2)C1CC(C)(C)NC(C)(C)C1. The highest BCUT2D eigenvalue weighted by atomic mass is 79.9. The average Bonchev–Trinajstić information content (AvgIpc) is 2.97. The fraction of sp³-hybridized carbons (Fsp3) is 0.550. The molecule has 0 spiro atoms. The van der Waals surface area contributed by atoms with Crippen molar-refractivity contribution >= 4 is 44.0 Å². The van der Waals surface area contributed by atoms with E-state index in [4.69, 9.17) is 21.3 Å². The van der Waals surface area contributed by atoms with Crippen LogP contribution in [0.25, 0.3) is 10.4 Å². The number of piperidine rings is 1. The van der Waals surface area contributed by atoms with Gasteiger partial charge in [-0.1, -0.05) is 22.9 Å². The molecule has 2 aliphatic rings. The maximum atomic E-state index is 6.33. The zero-order valence-electron chi connectivity index (χ0n) is 16.3. The van der Waals surface area contributed by atoms with Gasteiger partial charge in [-0.15, -0.1) is 0 Å². The number of rotatable bonds is 2. The minimum absolute atomic E-state index is 0.104. The van der Waals surface area contributed by atoms with Crippen LogP contribution in [0.5, 0.6) is 5.75 Å². The molecule has 1 N–H and O–H groups in total. The topological polar surface area (TPSA) is 37.4 Å². The average molecular weight is 471 g/mol. The van der Waals surface area contributed by atoms with Gasteiger partial charge in [0, 0.05) is 34.2 Å². The molecule has 0 atom stereocenters. The predicted molar refractivity (Wildman–Crippen MR) is 117 cm³/mol. The number of hydrogen-bond acceptors (Lipinski definition) is 5. The first kappa shape index (κ1) is 19.5. The molecule has 0 bridgehead atoms. The molecule has 2 aliphatic heterocycles. The largest absolute Gasteiger partial charge is 0.487 e. The molecule has 1 saturated heterocycles. The summed E-state index contributed by atoms with van der Waals surface area (Å²) in [5, 5.41) is 5.50. The van der Waals surface area contributed by atoms with Gasteiger partial charge in [-0.2, -0.15) is 0 Å². The molecular formula is C20H25BrClN3OS. The van der Waals surface area contributed by atoms with E-state index >= 15 is 0 Å². The molecule has 146 valence electrons. The number of halogens is 2. The summed E-state index contributed by atoms with van der Waals surface area (Å²) in [7, 11) is 2.17. The third-order valence-electron chi connectivity index (χ3n) is 5.34. The quantitative estimate of drug-likeness (QED) is 0.596. The Labute approximate surface area is 178 Å². The highest BCUT2D eigenvalue weighted by Gasteiger charge is 2.40. The lowest BCUT2D eigenvalue weighted by Gasteiger charge is -2.48. The number of nitrogens with one attached hydrogen (secondary N) is 1. The molecule has 0 unspecified atom stereocenters. The number of benzene rings is 1. The first-order valence-corrected chi connectivity index (χ1v) is 11.2. The maximum absolute atomic E-state index is 6.33. The van der Waals surface area contributed by atoms with Gasteiger partial charge in [0.05, 0.1) is 15.6 Å². The summed E-state index contributed by atoms with van der Waals surface area (Å²) in [5.41, 5.74) is 2.24. The summed E-state index contributed by atoms with van der Waals surface area (Å²) in [4.78, 5) is 8.44. The number of fused-ring (bicyclic) bond motifs is 3. The van der Waals surface area contributed by atoms with Crippen molar-refractivity contribution in [1.82, 2.24) is 10.3 Å². The molecule has 1 aromatic heterocycles. The minimum Gasteiger partial charge on any atom is -0.487 e. The Morgan fingerprint density at radius 3 is 2.59 bits per heavy atom. The van der Waals surface area contributed by atoms with E-state index in [1.54, 1.807) is 11.3 Å². The lowest BCUT2D eigenvalue weighted by Crippen LogP contribution is -2.61. The molecule has 0 aliphatic carbocycles. The van der Waals surface area contributed by atoms with Gasteiger partial charge in [0.2, 0.25) is 0 Å². The van der Waals surface area contributed by atoms with Crippen LogP contribution < -0.4 is 15.0 Å². The Bertz CT molecular complexity index is 880. The monoisotopic (exact) mass is 469 g/mol. The second-order valence-corrected chi connectivity index (χ2v) is 11.1. The summed E-state index contributed by atoms with van der Waals surface area (Å²) in [6, 6.07) is 4.36. The van der Waals surface area contributed by atoms with Crippen LogP contribution in [-0.4, -0.2) is 29.2 Å². The fourth-order valence-electron chi connectivity index (χ4n) is 4.47. The number of ether oxygens (including phenoxy) is 1. The highest BCUT2D eigenvalue weighted by molar-refractivity contribution is 9.10. The standard InChI is InChI=1S/C20H25BrClN3OS/c1-19(2)8-11(9-20(3,4)24-19)25(5)18-23-15-10-26-16-7-13(21)14(22)6-12(16)17(15)27-18/h6-7,11,24H,8-10H2,1-5H3. The van der Waals surface area contributed by atoms with Crippen molar-refractivity contribution in [2.45, 2.75) is 64.3 Å². The Morgan fingerprint density at radius 2 is 1.93 bits per heavy atom. The van der Waals surface area contributed by atoms with Crippen LogP contribution in [0.15, 0.2) is 16.6 Å². The van der Waals surface area contributed by atoms with Gasteiger partial charge in [0.1, 0.15) is 12.4 Å². The van der Waals surface area contributed by atoms with Crippen LogP contribution in [0.2, 0.25) is 5.02 Å². The van der Waals surface area contributed by atoms with E-state index in [1.807, 2.05) is 12.1 Å². The molecular weight excluding hydrogens is 446 g/mol. The molecule has 4 rings (SSSR count). The van der Waals surface area contributed by atoms with E-state index < -0.39 is 0 Å². The van der Waals surface area contributed by atoms with Gasteiger partial charge in [0.25, 0.3) is 0 Å². The van der Waals surface area contributed by atoms with Crippen LogP contribution in [0, 0.1) is 0 Å². The lowest BCUT2D eigenvalue weighted by atomic mass is 9.79. The van der Waals surface area contributed by atoms with Gasteiger partial charge < -0.3 is 15.0 Å². The third kappa shape index (κ3) is 3.74. The minimum atomic E-state index is 0.104. The van der Waals surface area contributed by atoms with Crippen LogP contribution in [0.1, 0.15) is 46.2 Å². The fourth-order valence-corrected chi connectivity index (χ4v) is 6.08. The van der Waals surface area contributed by atoms with Crippen LogP contribution >= 0.6 is 38.9 Å². The molecule has 0 amide bonds. The molecule has 4 nitrogen and oxygen atoms in total. The first-order valence-electron chi connectivity index (χ1n) is 9.19. The van der Waals surface area contributed by atoms with E-state index in [1.165, 1.54) is 4.88 Å².